The Morgan fingerprint density at radius 2 is 1.80 bits per heavy atom. The van der Waals surface area contributed by atoms with Crippen molar-refractivity contribution in [3.8, 4) is 0 Å². The van der Waals surface area contributed by atoms with E-state index in [1.807, 2.05) is 44.2 Å². The van der Waals surface area contributed by atoms with Crippen LogP contribution in [0.1, 0.15) is 42.6 Å². The third-order valence-electron chi connectivity index (χ3n) is 4.78. The Labute approximate surface area is 177 Å². The van der Waals surface area contributed by atoms with Crippen molar-refractivity contribution in [3.63, 3.8) is 0 Å². The summed E-state index contributed by atoms with van der Waals surface area (Å²) >= 11 is 0. The Morgan fingerprint density at radius 1 is 1.13 bits per heavy atom. The zero-order valence-electron chi connectivity index (χ0n) is 17.3. The van der Waals surface area contributed by atoms with Gasteiger partial charge >= 0.3 is 5.97 Å². The highest BCUT2D eigenvalue weighted by Gasteiger charge is 2.29. The first-order valence-electron chi connectivity index (χ1n) is 9.86. The number of ether oxygens (including phenoxy) is 1. The molecule has 30 heavy (non-hydrogen) atoms. The Morgan fingerprint density at radius 3 is 2.40 bits per heavy atom. The van der Waals surface area contributed by atoms with E-state index in [-0.39, 0.29) is 28.4 Å². The molecule has 0 aromatic heterocycles. The van der Waals surface area contributed by atoms with Gasteiger partial charge in [-0.2, -0.15) is 0 Å². The smallest absolute Gasteiger partial charge is 0.338 e. The minimum Gasteiger partial charge on any atom is -0.452 e. The molecule has 1 amide bonds. The van der Waals surface area contributed by atoms with Gasteiger partial charge in [0.25, 0.3) is 5.91 Å². The van der Waals surface area contributed by atoms with Gasteiger partial charge in [0.2, 0.25) is 10.0 Å². The Balaban J connectivity index is 1.72. The van der Waals surface area contributed by atoms with Crippen LogP contribution in [0, 0.1) is 6.92 Å². The number of carbonyl (C=O) groups is 2. The lowest BCUT2D eigenvalue weighted by Crippen LogP contribution is -2.40. The number of carbonyl (C=O) groups excluding carboxylic acids is 2. The normalized spacial score (nSPS) is 13.9. The van der Waals surface area contributed by atoms with E-state index in [1.54, 1.807) is 17.9 Å². The third kappa shape index (κ3) is 5.25. The number of hydrogen-bond donors (Lipinski definition) is 1. The second-order valence-electron chi connectivity index (χ2n) is 7.64. The van der Waals surface area contributed by atoms with E-state index in [0.717, 1.165) is 12.8 Å². The molecule has 0 saturated heterocycles. The number of amides is 1. The van der Waals surface area contributed by atoms with Crippen molar-refractivity contribution >= 4 is 27.6 Å². The van der Waals surface area contributed by atoms with Crippen molar-refractivity contribution < 1.29 is 22.7 Å². The van der Waals surface area contributed by atoms with Crippen LogP contribution in [0.4, 0.5) is 5.69 Å². The Hall–Kier alpha value is -2.71. The molecule has 3 rings (SSSR count). The fourth-order valence-electron chi connectivity index (χ4n) is 3.07. The summed E-state index contributed by atoms with van der Waals surface area (Å²) in [5.41, 5.74) is 1.41. The number of sulfonamides is 1. The predicted molar refractivity (Wildman–Crippen MR) is 114 cm³/mol. The van der Waals surface area contributed by atoms with Gasteiger partial charge in [-0.1, -0.05) is 24.3 Å². The maximum Gasteiger partial charge on any atom is 0.338 e. The molecule has 7 nitrogen and oxygen atoms in total. The Bertz CT molecular complexity index is 1030. The van der Waals surface area contributed by atoms with Crippen LogP contribution in [-0.4, -0.2) is 39.0 Å². The summed E-state index contributed by atoms with van der Waals surface area (Å²) in [6.45, 7) is 4.99. The van der Waals surface area contributed by atoms with Gasteiger partial charge in [0.15, 0.2) is 6.61 Å². The monoisotopic (exact) mass is 430 g/mol. The van der Waals surface area contributed by atoms with Crippen LogP contribution >= 0.6 is 0 Å². The van der Waals surface area contributed by atoms with E-state index < -0.39 is 22.6 Å². The van der Waals surface area contributed by atoms with Crippen molar-refractivity contribution in [2.24, 2.45) is 0 Å². The average molecular weight is 431 g/mol. The highest BCUT2D eigenvalue weighted by Crippen LogP contribution is 2.23. The number of benzene rings is 2. The fourth-order valence-corrected chi connectivity index (χ4v) is 4.40. The lowest BCUT2D eigenvalue weighted by molar-refractivity contribution is -0.122. The quantitative estimate of drug-likeness (QED) is 0.650. The number of para-hydroxylation sites is 1. The molecule has 160 valence electrons. The molecule has 0 aliphatic heterocycles. The first-order chi connectivity index (χ1) is 14.2. The zero-order valence-corrected chi connectivity index (χ0v) is 18.1. The maximum absolute atomic E-state index is 12.7. The number of nitrogens with zero attached hydrogens (tertiary/aromatic N) is 1. The molecule has 1 aliphatic rings. The fraction of sp³-hybridized carbons (Fsp3) is 0.364. The minimum absolute atomic E-state index is 0.00590. The van der Waals surface area contributed by atoms with E-state index in [1.165, 1.54) is 12.1 Å². The van der Waals surface area contributed by atoms with Gasteiger partial charge in [-0.3, -0.25) is 4.79 Å². The molecule has 1 saturated carbocycles. The van der Waals surface area contributed by atoms with Crippen molar-refractivity contribution in [1.82, 2.24) is 4.72 Å². The molecule has 0 spiro atoms. The minimum atomic E-state index is -3.69. The number of anilines is 1. The number of aryl methyl sites for hydroxylation is 1. The standard InChI is InChI=1S/C22H26N2O5S/c1-15(2)24(18-7-5-4-6-8-18)21(25)14-29-22(26)20-13-19(12-9-16(20)3)30(27,28)23-17-10-11-17/h4-9,12-13,15,17,23H,10-11,14H2,1-3H3. The van der Waals surface area contributed by atoms with Crippen molar-refractivity contribution in [2.75, 3.05) is 11.5 Å². The molecule has 8 heteroatoms. The molecule has 0 unspecified atom stereocenters. The number of esters is 1. The topological polar surface area (TPSA) is 92.8 Å². The van der Waals surface area contributed by atoms with Crippen molar-refractivity contribution in [3.05, 3.63) is 59.7 Å². The van der Waals surface area contributed by atoms with Crippen LogP contribution in [0.15, 0.2) is 53.4 Å². The summed E-state index contributed by atoms with van der Waals surface area (Å²) in [7, 11) is -3.69. The summed E-state index contributed by atoms with van der Waals surface area (Å²) in [5, 5.41) is 0. The van der Waals surface area contributed by atoms with Crippen LogP contribution in [0.2, 0.25) is 0 Å². The first-order valence-corrected chi connectivity index (χ1v) is 11.3. The van der Waals surface area contributed by atoms with Gasteiger partial charge in [0, 0.05) is 17.8 Å². The van der Waals surface area contributed by atoms with Gasteiger partial charge in [0.1, 0.15) is 0 Å². The molecule has 1 aliphatic carbocycles. The van der Waals surface area contributed by atoms with Crippen molar-refractivity contribution in [1.29, 1.82) is 0 Å². The molecule has 2 aromatic carbocycles. The molecule has 1 N–H and O–H groups in total. The van der Waals surface area contributed by atoms with E-state index in [0.29, 0.717) is 11.3 Å². The summed E-state index contributed by atoms with van der Waals surface area (Å²) in [5.74, 6) is -1.09. The van der Waals surface area contributed by atoms with Crippen LogP contribution in [-0.2, 0) is 19.6 Å². The Kier molecular flexibility index (Phi) is 6.58. The lowest BCUT2D eigenvalue weighted by Gasteiger charge is -2.26. The summed E-state index contributed by atoms with van der Waals surface area (Å²) in [4.78, 5) is 26.9. The van der Waals surface area contributed by atoms with Gasteiger partial charge in [-0.25, -0.2) is 17.9 Å². The molecule has 0 bridgehead atoms. The second kappa shape index (κ2) is 8.97. The third-order valence-corrected chi connectivity index (χ3v) is 6.30. The highest BCUT2D eigenvalue weighted by atomic mass is 32.2. The van der Waals surface area contributed by atoms with Crippen LogP contribution in [0.25, 0.3) is 0 Å². The second-order valence-corrected chi connectivity index (χ2v) is 9.36. The molecule has 0 heterocycles. The maximum atomic E-state index is 12.7. The first kappa shape index (κ1) is 22.0. The molecule has 1 fully saturated rings. The van der Waals surface area contributed by atoms with Crippen LogP contribution < -0.4 is 9.62 Å². The summed E-state index contributed by atoms with van der Waals surface area (Å²) in [6.07, 6.45) is 1.63. The van der Waals surface area contributed by atoms with Gasteiger partial charge in [-0.15, -0.1) is 0 Å². The van der Waals surface area contributed by atoms with Gasteiger partial charge in [-0.05, 0) is 63.4 Å². The van der Waals surface area contributed by atoms with Gasteiger partial charge in [0.05, 0.1) is 10.5 Å². The van der Waals surface area contributed by atoms with E-state index in [4.69, 9.17) is 4.74 Å². The predicted octanol–water partition coefficient (Wildman–Crippen LogP) is 3.03. The zero-order chi connectivity index (χ0) is 21.9. The number of hydrogen-bond acceptors (Lipinski definition) is 5. The van der Waals surface area contributed by atoms with Crippen LogP contribution in [0.5, 0.6) is 0 Å². The molecular weight excluding hydrogens is 404 g/mol. The molecule has 0 atom stereocenters. The lowest BCUT2D eigenvalue weighted by atomic mass is 10.1. The highest BCUT2D eigenvalue weighted by molar-refractivity contribution is 7.89. The SMILES string of the molecule is Cc1ccc(S(=O)(=O)NC2CC2)cc1C(=O)OCC(=O)N(c1ccccc1)C(C)C. The molecule has 2 aromatic rings. The van der Waals surface area contributed by atoms with E-state index in [2.05, 4.69) is 4.72 Å². The van der Waals surface area contributed by atoms with Crippen molar-refractivity contribution in [2.45, 2.75) is 50.6 Å². The van der Waals surface area contributed by atoms with Gasteiger partial charge < -0.3 is 9.64 Å². The number of rotatable bonds is 8. The van der Waals surface area contributed by atoms with Crippen LogP contribution in [0.3, 0.4) is 0 Å². The largest absolute Gasteiger partial charge is 0.452 e. The van der Waals surface area contributed by atoms with E-state index in [9.17, 15) is 18.0 Å². The molecular formula is C22H26N2O5S. The summed E-state index contributed by atoms with van der Waals surface area (Å²) < 4.78 is 32.7. The number of nitrogens with one attached hydrogen (secondary N) is 1. The molecule has 0 radical (unpaired) electrons. The summed E-state index contributed by atoms with van der Waals surface area (Å²) in [6, 6.07) is 13.3. The average Bonchev–Trinajstić information content (AvgIpc) is 3.50. The van der Waals surface area contributed by atoms with E-state index >= 15 is 0 Å².